The van der Waals surface area contributed by atoms with Gasteiger partial charge in [0.15, 0.2) is 0 Å². The quantitative estimate of drug-likeness (QED) is 0.846. The third kappa shape index (κ3) is 3.02. The van der Waals surface area contributed by atoms with Gasteiger partial charge in [0.2, 0.25) is 0 Å². The Labute approximate surface area is 118 Å². The maximum Gasteiger partial charge on any atom is 0.122 e. The molecule has 94 valence electrons. The monoisotopic (exact) mass is 363 g/mol. The maximum atomic E-state index is 10.0. The predicted octanol–water partition coefficient (Wildman–Crippen LogP) is 3.34. The summed E-state index contributed by atoms with van der Waals surface area (Å²) in [5.41, 5.74) is 7.05. The summed E-state index contributed by atoms with van der Waals surface area (Å²) in [5, 5.41) is 10.0. The SMILES string of the molecule is N[C@@H](c1c(O)cc(Br)cc1Br)C1CCOCC1. The van der Waals surface area contributed by atoms with Crippen LogP contribution in [0.2, 0.25) is 0 Å². The topological polar surface area (TPSA) is 55.5 Å². The van der Waals surface area contributed by atoms with Crippen molar-refractivity contribution in [1.82, 2.24) is 0 Å². The van der Waals surface area contributed by atoms with Crippen LogP contribution in [0.4, 0.5) is 0 Å². The van der Waals surface area contributed by atoms with Crippen LogP contribution in [0.15, 0.2) is 21.1 Å². The fraction of sp³-hybridized carbons (Fsp3) is 0.500. The molecule has 1 atom stereocenters. The number of phenols is 1. The fourth-order valence-corrected chi connectivity index (χ4v) is 3.68. The minimum atomic E-state index is -0.152. The molecule has 0 aliphatic carbocycles. The van der Waals surface area contributed by atoms with Crippen LogP contribution in [0.25, 0.3) is 0 Å². The summed E-state index contributed by atoms with van der Waals surface area (Å²) in [6, 6.07) is 3.44. The van der Waals surface area contributed by atoms with E-state index in [4.69, 9.17) is 10.5 Å². The van der Waals surface area contributed by atoms with Gasteiger partial charge >= 0.3 is 0 Å². The van der Waals surface area contributed by atoms with Gasteiger partial charge in [-0.15, -0.1) is 0 Å². The number of ether oxygens (including phenoxy) is 1. The van der Waals surface area contributed by atoms with Crippen LogP contribution in [-0.2, 0) is 4.74 Å². The average molecular weight is 365 g/mol. The standard InChI is InChI=1S/C12H15Br2NO2/c13-8-5-9(14)11(10(16)6-8)12(15)7-1-3-17-4-2-7/h5-7,12,16H,1-4,15H2/t12-/m1/s1. The van der Waals surface area contributed by atoms with E-state index in [1.807, 2.05) is 6.07 Å². The summed E-state index contributed by atoms with van der Waals surface area (Å²) in [5.74, 6) is 0.609. The molecule has 1 aromatic carbocycles. The highest BCUT2D eigenvalue weighted by molar-refractivity contribution is 9.11. The van der Waals surface area contributed by atoms with Crippen molar-refractivity contribution in [3.8, 4) is 5.75 Å². The lowest BCUT2D eigenvalue weighted by molar-refractivity contribution is 0.0580. The molecule has 1 fully saturated rings. The third-order valence-corrected chi connectivity index (χ3v) is 4.29. The zero-order valence-electron chi connectivity index (χ0n) is 9.33. The van der Waals surface area contributed by atoms with Crippen molar-refractivity contribution in [2.75, 3.05) is 13.2 Å². The van der Waals surface area contributed by atoms with Crippen LogP contribution in [0.3, 0.4) is 0 Å². The van der Waals surface area contributed by atoms with Crippen LogP contribution >= 0.6 is 31.9 Å². The molecule has 1 aliphatic rings. The number of halogens is 2. The molecular weight excluding hydrogens is 350 g/mol. The van der Waals surface area contributed by atoms with E-state index in [1.54, 1.807) is 6.07 Å². The van der Waals surface area contributed by atoms with E-state index >= 15 is 0 Å². The summed E-state index contributed by atoms with van der Waals surface area (Å²) in [6.45, 7) is 1.51. The highest BCUT2D eigenvalue weighted by Gasteiger charge is 2.26. The van der Waals surface area contributed by atoms with Crippen molar-refractivity contribution < 1.29 is 9.84 Å². The van der Waals surface area contributed by atoms with Gasteiger partial charge in [0.05, 0.1) is 0 Å². The highest BCUT2D eigenvalue weighted by atomic mass is 79.9. The van der Waals surface area contributed by atoms with Gasteiger partial charge < -0.3 is 15.6 Å². The molecule has 5 heteroatoms. The fourth-order valence-electron chi connectivity index (χ4n) is 2.21. The van der Waals surface area contributed by atoms with Gasteiger partial charge in [-0.1, -0.05) is 31.9 Å². The van der Waals surface area contributed by atoms with Gasteiger partial charge in [-0.05, 0) is 30.9 Å². The summed E-state index contributed by atoms with van der Waals surface area (Å²) in [4.78, 5) is 0. The first-order valence-corrected chi connectivity index (χ1v) is 7.19. The van der Waals surface area contributed by atoms with E-state index in [-0.39, 0.29) is 11.8 Å². The Hall–Kier alpha value is -0.100. The lowest BCUT2D eigenvalue weighted by Gasteiger charge is -2.28. The Bertz CT molecular complexity index is 382. The van der Waals surface area contributed by atoms with Crippen molar-refractivity contribution in [1.29, 1.82) is 0 Å². The van der Waals surface area contributed by atoms with Gasteiger partial charge in [-0.25, -0.2) is 0 Å². The summed E-state index contributed by atoms with van der Waals surface area (Å²) < 4.78 is 7.02. The van der Waals surface area contributed by atoms with Crippen LogP contribution in [0, 0.1) is 5.92 Å². The van der Waals surface area contributed by atoms with E-state index in [9.17, 15) is 5.11 Å². The minimum Gasteiger partial charge on any atom is -0.508 e. The Morgan fingerprint density at radius 1 is 1.29 bits per heavy atom. The first-order valence-electron chi connectivity index (χ1n) is 5.61. The third-order valence-electron chi connectivity index (χ3n) is 3.18. The molecule has 0 unspecified atom stereocenters. The van der Waals surface area contributed by atoms with Gasteiger partial charge in [0.1, 0.15) is 5.75 Å². The summed E-state index contributed by atoms with van der Waals surface area (Å²) in [6.07, 6.45) is 1.90. The molecule has 0 bridgehead atoms. The van der Waals surface area contributed by atoms with Gasteiger partial charge in [0.25, 0.3) is 0 Å². The van der Waals surface area contributed by atoms with Crippen LogP contribution in [0.1, 0.15) is 24.4 Å². The molecule has 0 radical (unpaired) electrons. The van der Waals surface area contributed by atoms with E-state index in [2.05, 4.69) is 31.9 Å². The molecule has 17 heavy (non-hydrogen) atoms. The van der Waals surface area contributed by atoms with Crippen molar-refractivity contribution >= 4 is 31.9 Å². The number of benzene rings is 1. The summed E-state index contributed by atoms with van der Waals surface area (Å²) >= 11 is 6.81. The molecule has 3 N–H and O–H groups in total. The molecule has 1 saturated heterocycles. The van der Waals surface area contributed by atoms with E-state index in [0.29, 0.717) is 5.92 Å². The predicted molar refractivity (Wildman–Crippen MR) is 74.0 cm³/mol. The molecule has 2 rings (SSSR count). The van der Waals surface area contributed by atoms with Gasteiger partial charge in [-0.3, -0.25) is 0 Å². The molecule has 0 spiro atoms. The van der Waals surface area contributed by atoms with Crippen LogP contribution in [0.5, 0.6) is 5.75 Å². The number of hydrogen-bond acceptors (Lipinski definition) is 3. The smallest absolute Gasteiger partial charge is 0.122 e. The largest absolute Gasteiger partial charge is 0.508 e. The molecule has 1 aromatic rings. The molecule has 0 amide bonds. The molecule has 3 nitrogen and oxygen atoms in total. The van der Waals surface area contributed by atoms with E-state index in [0.717, 1.165) is 40.6 Å². The Balaban J connectivity index is 2.26. The average Bonchev–Trinajstić information content (AvgIpc) is 2.28. The van der Waals surface area contributed by atoms with Gasteiger partial charge in [-0.2, -0.15) is 0 Å². The second-order valence-electron chi connectivity index (χ2n) is 4.30. The Morgan fingerprint density at radius 2 is 1.94 bits per heavy atom. The van der Waals surface area contributed by atoms with Crippen molar-refractivity contribution in [2.24, 2.45) is 11.7 Å². The first-order chi connectivity index (χ1) is 8.09. The second kappa shape index (κ2) is 5.69. The number of nitrogens with two attached hydrogens (primary N) is 1. The number of phenolic OH excluding ortho intramolecular Hbond substituents is 1. The van der Waals surface area contributed by atoms with E-state index < -0.39 is 0 Å². The number of rotatable bonds is 2. The number of aromatic hydroxyl groups is 1. The van der Waals surface area contributed by atoms with Crippen LogP contribution < -0.4 is 5.73 Å². The highest BCUT2D eigenvalue weighted by Crippen LogP contribution is 2.39. The molecule has 0 aromatic heterocycles. The van der Waals surface area contributed by atoms with Crippen LogP contribution in [-0.4, -0.2) is 18.3 Å². The molecule has 0 saturated carbocycles. The van der Waals surface area contributed by atoms with Crippen molar-refractivity contribution in [3.05, 3.63) is 26.6 Å². The minimum absolute atomic E-state index is 0.152. The Kier molecular flexibility index (Phi) is 4.47. The lowest BCUT2D eigenvalue weighted by Crippen LogP contribution is -2.27. The maximum absolute atomic E-state index is 10.0. The van der Waals surface area contributed by atoms with Crippen molar-refractivity contribution in [3.63, 3.8) is 0 Å². The van der Waals surface area contributed by atoms with Crippen molar-refractivity contribution in [2.45, 2.75) is 18.9 Å². The molecular formula is C12H15Br2NO2. The molecule has 1 aliphatic heterocycles. The lowest BCUT2D eigenvalue weighted by atomic mass is 9.87. The molecule has 1 heterocycles. The number of hydrogen-bond donors (Lipinski definition) is 2. The first kappa shape index (κ1) is 13.3. The Morgan fingerprint density at radius 3 is 2.53 bits per heavy atom. The zero-order valence-corrected chi connectivity index (χ0v) is 12.5. The summed E-state index contributed by atoms with van der Waals surface area (Å²) in [7, 11) is 0. The zero-order chi connectivity index (χ0) is 12.4. The second-order valence-corrected chi connectivity index (χ2v) is 6.07. The van der Waals surface area contributed by atoms with E-state index in [1.165, 1.54) is 0 Å². The normalized spacial score (nSPS) is 19.2. The van der Waals surface area contributed by atoms with Gasteiger partial charge in [0, 0.05) is 33.8 Å².